The van der Waals surface area contributed by atoms with Crippen LogP contribution in [-0.4, -0.2) is 10.1 Å². The zero-order valence-electron chi connectivity index (χ0n) is 8.25. The molecule has 6 heteroatoms. The third-order valence-corrected chi connectivity index (χ3v) is 2.97. The van der Waals surface area contributed by atoms with Crippen LogP contribution >= 0.6 is 39.1 Å². The molecule has 0 aliphatic heterocycles. The summed E-state index contributed by atoms with van der Waals surface area (Å²) in [4.78, 5) is 4.17. The van der Waals surface area contributed by atoms with Crippen molar-refractivity contribution in [1.82, 2.24) is 10.1 Å². The fourth-order valence-electron chi connectivity index (χ4n) is 1.17. The Labute approximate surface area is 111 Å². The number of halogens is 3. The lowest BCUT2D eigenvalue weighted by molar-refractivity contribution is 0.422. The molecular formula is C10H7BrCl2N2O. The lowest BCUT2D eigenvalue weighted by atomic mass is 10.2. The van der Waals surface area contributed by atoms with Crippen LogP contribution in [0.25, 0.3) is 11.5 Å². The molecule has 16 heavy (non-hydrogen) atoms. The smallest absolute Gasteiger partial charge is 0.259 e. The van der Waals surface area contributed by atoms with Gasteiger partial charge in [-0.2, -0.15) is 4.98 Å². The second-order valence-electron chi connectivity index (χ2n) is 3.20. The van der Waals surface area contributed by atoms with Crippen LogP contribution in [0.1, 0.15) is 18.1 Å². The van der Waals surface area contributed by atoms with Gasteiger partial charge in [-0.25, -0.2) is 0 Å². The topological polar surface area (TPSA) is 38.9 Å². The van der Waals surface area contributed by atoms with Gasteiger partial charge in [0.2, 0.25) is 0 Å². The summed E-state index contributed by atoms with van der Waals surface area (Å²) in [6.07, 6.45) is 0. The largest absolute Gasteiger partial charge is 0.334 e. The Kier molecular flexibility index (Phi) is 3.52. The van der Waals surface area contributed by atoms with Crippen LogP contribution in [0.5, 0.6) is 0 Å². The van der Waals surface area contributed by atoms with E-state index in [-0.39, 0.29) is 5.38 Å². The van der Waals surface area contributed by atoms with Gasteiger partial charge >= 0.3 is 0 Å². The first kappa shape index (κ1) is 11.9. The molecule has 0 bridgehead atoms. The third-order valence-electron chi connectivity index (χ3n) is 1.96. The molecule has 2 rings (SSSR count). The second kappa shape index (κ2) is 4.73. The first-order valence-electron chi connectivity index (χ1n) is 4.51. The van der Waals surface area contributed by atoms with Crippen LogP contribution in [-0.2, 0) is 0 Å². The van der Waals surface area contributed by atoms with Gasteiger partial charge in [0.05, 0.1) is 16.0 Å². The van der Waals surface area contributed by atoms with Crippen LogP contribution in [0.15, 0.2) is 27.2 Å². The second-order valence-corrected chi connectivity index (χ2v) is 5.18. The summed E-state index contributed by atoms with van der Waals surface area (Å²) in [6.45, 7) is 1.78. The minimum Gasteiger partial charge on any atom is -0.334 e. The summed E-state index contributed by atoms with van der Waals surface area (Å²) in [5.74, 6) is 0.821. The molecule has 2 aromatic rings. The van der Waals surface area contributed by atoms with E-state index in [2.05, 4.69) is 26.1 Å². The average Bonchev–Trinajstić information content (AvgIpc) is 2.70. The summed E-state index contributed by atoms with van der Waals surface area (Å²) in [5, 5.41) is 4.04. The van der Waals surface area contributed by atoms with E-state index in [4.69, 9.17) is 27.7 Å². The molecule has 1 aromatic heterocycles. The van der Waals surface area contributed by atoms with Crippen LogP contribution < -0.4 is 0 Å². The van der Waals surface area contributed by atoms with E-state index < -0.39 is 0 Å². The highest BCUT2D eigenvalue weighted by molar-refractivity contribution is 9.10. The van der Waals surface area contributed by atoms with Crippen molar-refractivity contribution in [3.63, 3.8) is 0 Å². The predicted octanol–water partition coefficient (Wildman–Crippen LogP) is 4.45. The van der Waals surface area contributed by atoms with Gasteiger partial charge in [-0.1, -0.05) is 32.7 Å². The Morgan fingerprint density at radius 1 is 1.44 bits per heavy atom. The van der Waals surface area contributed by atoms with Crippen molar-refractivity contribution in [3.05, 3.63) is 33.5 Å². The SMILES string of the molecule is CC(Cl)c1noc(-c2cc(Br)ccc2Cl)n1. The highest BCUT2D eigenvalue weighted by atomic mass is 79.9. The molecule has 1 atom stereocenters. The molecular weight excluding hydrogens is 315 g/mol. The Morgan fingerprint density at radius 3 is 2.81 bits per heavy atom. The molecule has 0 radical (unpaired) electrons. The van der Waals surface area contributed by atoms with Crippen molar-refractivity contribution in [2.24, 2.45) is 0 Å². The first-order valence-corrected chi connectivity index (χ1v) is 6.12. The van der Waals surface area contributed by atoms with Gasteiger partial charge < -0.3 is 4.52 Å². The molecule has 1 aromatic carbocycles. The molecule has 0 N–H and O–H groups in total. The van der Waals surface area contributed by atoms with Gasteiger partial charge in [0.25, 0.3) is 5.89 Å². The standard InChI is InChI=1S/C10H7BrCl2N2O/c1-5(12)9-14-10(16-15-9)7-4-6(11)2-3-8(7)13/h2-5H,1H3. The van der Waals surface area contributed by atoms with E-state index in [9.17, 15) is 0 Å². The molecule has 0 aliphatic rings. The zero-order chi connectivity index (χ0) is 11.7. The molecule has 0 fully saturated rings. The fourth-order valence-corrected chi connectivity index (χ4v) is 1.82. The molecule has 0 amide bonds. The Hall–Kier alpha value is -0.580. The number of hydrogen-bond donors (Lipinski definition) is 0. The Bertz CT molecular complexity index is 513. The average molecular weight is 322 g/mol. The number of rotatable bonds is 2. The summed E-state index contributed by atoms with van der Waals surface area (Å²) >= 11 is 15.2. The minimum absolute atomic E-state index is 0.288. The van der Waals surface area contributed by atoms with E-state index >= 15 is 0 Å². The van der Waals surface area contributed by atoms with Crippen molar-refractivity contribution in [2.75, 3.05) is 0 Å². The van der Waals surface area contributed by atoms with Gasteiger partial charge in [0.15, 0.2) is 5.82 Å². The third kappa shape index (κ3) is 2.39. The molecule has 3 nitrogen and oxygen atoms in total. The lowest BCUT2D eigenvalue weighted by Gasteiger charge is -1.98. The van der Waals surface area contributed by atoms with Gasteiger partial charge in [-0.05, 0) is 25.1 Å². The molecule has 1 unspecified atom stereocenters. The molecule has 0 saturated carbocycles. The zero-order valence-corrected chi connectivity index (χ0v) is 11.3. The van der Waals surface area contributed by atoms with Crippen molar-refractivity contribution in [3.8, 4) is 11.5 Å². The normalized spacial score (nSPS) is 12.8. The molecule has 1 heterocycles. The summed E-state index contributed by atoms with van der Waals surface area (Å²) in [7, 11) is 0. The highest BCUT2D eigenvalue weighted by Gasteiger charge is 2.15. The molecule has 0 aliphatic carbocycles. The maximum absolute atomic E-state index is 6.04. The van der Waals surface area contributed by atoms with Crippen molar-refractivity contribution in [2.45, 2.75) is 12.3 Å². The lowest BCUT2D eigenvalue weighted by Crippen LogP contribution is -1.87. The maximum Gasteiger partial charge on any atom is 0.259 e. The van der Waals surface area contributed by atoms with E-state index in [0.29, 0.717) is 22.3 Å². The Morgan fingerprint density at radius 2 is 2.19 bits per heavy atom. The molecule has 84 valence electrons. The molecule has 0 saturated heterocycles. The van der Waals surface area contributed by atoms with E-state index in [0.717, 1.165) is 4.47 Å². The maximum atomic E-state index is 6.04. The van der Waals surface area contributed by atoms with Crippen LogP contribution in [0.2, 0.25) is 5.02 Å². The summed E-state index contributed by atoms with van der Waals surface area (Å²) in [6, 6.07) is 5.42. The van der Waals surface area contributed by atoms with Crippen molar-refractivity contribution < 1.29 is 4.52 Å². The van der Waals surface area contributed by atoms with Crippen molar-refractivity contribution >= 4 is 39.1 Å². The Balaban J connectivity index is 2.46. The molecule has 0 spiro atoms. The van der Waals surface area contributed by atoms with Gasteiger partial charge in [-0.15, -0.1) is 11.6 Å². The first-order chi connectivity index (χ1) is 7.58. The van der Waals surface area contributed by atoms with Gasteiger partial charge in [0, 0.05) is 4.47 Å². The number of alkyl halides is 1. The summed E-state index contributed by atoms with van der Waals surface area (Å²) in [5.41, 5.74) is 0.687. The van der Waals surface area contributed by atoms with E-state index in [1.165, 1.54) is 0 Å². The van der Waals surface area contributed by atoms with Crippen LogP contribution in [0.3, 0.4) is 0 Å². The monoisotopic (exact) mass is 320 g/mol. The number of nitrogens with zero attached hydrogens (tertiary/aromatic N) is 2. The van der Waals surface area contributed by atoms with Crippen LogP contribution in [0.4, 0.5) is 0 Å². The minimum atomic E-state index is -0.288. The predicted molar refractivity (Wildman–Crippen MR) is 66.7 cm³/mol. The quantitative estimate of drug-likeness (QED) is 0.767. The van der Waals surface area contributed by atoms with E-state index in [1.807, 2.05) is 12.1 Å². The summed E-state index contributed by atoms with van der Waals surface area (Å²) < 4.78 is 5.99. The van der Waals surface area contributed by atoms with Gasteiger partial charge in [0.1, 0.15) is 0 Å². The highest BCUT2D eigenvalue weighted by Crippen LogP contribution is 2.30. The van der Waals surface area contributed by atoms with Gasteiger partial charge in [-0.3, -0.25) is 0 Å². The van der Waals surface area contributed by atoms with E-state index in [1.54, 1.807) is 13.0 Å². The fraction of sp³-hybridized carbons (Fsp3) is 0.200. The van der Waals surface area contributed by atoms with Crippen molar-refractivity contribution in [1.29, 1.82) is 0 Å². The number of aromatic nitrogens is 2. The number of hydrogen-bond acceptors (Lipinski definition) is 3. The number of benzene rings is 1. The van der Waals surface area contributed by atoms with Crippen LogP contribution in [0, 0.1) is 0 Å².